The van der Waals surface area contributed by atoms with E-state index in [1.54, 1.807) is 24.3 Å². The smallest absolute Gasteiger partial charge is 0.264 e. The lowest BCUT2D eigenvalue weighted by molar-refractivity contribution is -0.115. The zero-order valence-electron chi connectivity index (χ0n) is 11.7. The van der Waals surface area contributed by atoms with Crippen LogP contribution in [0.25, 0.3) is 6.08 Å². The minimum absolute atomic E-state index is 0.0948. The van der Waals surface area contributed by atoms with Crippen LogP contribution in [-0.2, 0) is 4.79 Å². The van der Waals surface area contributed by atoms with E-state index in [-0.39, 0.29) is 11.7 Å². The minimum Gasteiger partial charge on any atom is -0.508 e. The number of hydrogen-bond donors (Lipinski definition) is 2. The predicted octanol–water partition coefficient (Wildman–Crippen LogP) is 3.28. The highest BCUT2D eigenvalue weighted by molar-refractivity contribution is 8.18. The molecule has 2 aliphatic rings. The molecule has 21 heavy (non-hydrogen) atoms. The van der Waals surface area contributed by atoms with Crippen molar-refractivity contribution in [1.29, 1.82) is 0 Å². The van der Waals surface area contributed by atoms with E-state index in [1.807, 2.05) is 6.08 Å². The Kier molecular flexibility index (Phi) is 4.29. The molecule has 0 aromatic heterocycles. The lowest BCUT2D eigenvalue weighted by atomic mass is 9.96. The van der Waals surface area contributed by atoms with Gasteiger partial charge < -0.3 is 10.4 Å². The maximum atomic E-state index is 12.0. The van der Waals surface area contributed by atoms with Crippen molar-refractivity contribution in [2.45, 2.75) is 38.1 Å². The standard InChI is InChI=1S/C16H18N2O2S/c19-13-8-6-11(7-9-13)10-14-15(20)18-16(21-14)17-12-4-2-1-3-5-12/h6-10,12,19H,1-5H2,(H,17,18,20)/b14-10-. The number of hydrogen-bond acceptors (Lipinski definition) is 4. The van der Waals surface area contributed by atoms with Crippen molar-refractivity contribution in [3.63, 3.8) is 0 Å². The molecule has 1 saturated heterocycles. The van der Waals surface area contributed by atoms with Gasteiger partial charge in [0.2, 0.25) is 0 Å². The van der Waals surface area contributed by atoms with Crippen molar-refractivity contribution in [3.8, 4) is 5.75 Å². The van der Waals surface area contributed by atoms with Crippen molar-refractivity contribution in [2.24, 2.45) is 4.99 Å². The number of aromatic hydroxyl groups is 1. The molecule has 2 N–H and O–H groups in total. The second kappa shape index (κ2) is 6.35. The summed E-state index contributed by atoms with van der Waals surface area (Å²) in [6.45, 7) is 0. The average Bonchev–Trinajstić information content (AvgIpc) is 2.82. The van der Waals surface area contributed by atoms with Gasteiger partial charge in [-0.3, -0.25) is 9.79 Å². The minimum atomic E-state index is -0.0948. The van der Waals surface area contributed by atoms with E-state index in [0.717, 1.165) is 23.6 Å². The second-order valence-corrected chi connectivity index (χ2v) is 6.41. The number of rotatable bonds is 2. The molecule has 1 aromatic carbocycles. The van der Waals surface area contributed by atoms with Crippen LogP contribution in [-0.4, -0.2) is 22.2 Å². The van der Waals surface area contributed by atoms with Gasteiger partial charge in [0.05, 0.1) is 10.9 Å². The highest BCUT2D eigenvalue weighted by Crippen LogP contribution is 2.28. The van der Waals surface area contributed by atoms with E-state index >= 15 is 0 Å². The van der Waals surface area contributed by atoms with Gasteiger partial charge in [0, 0.05) is 0 Å². The molecule has 110 valence electrons. The van der Waals surface area contributed by atoms with Gasteiger partial charge >= 0.3 is 0 Å². The van der Waals surface area contributed by atoms with E-state index in [9.17, 15) is 9.90 Å². The molecule has 0 spiro atoms. The summed E-state index contributed by atoms with van der Waals surface area (Å²) in [4.78, 5) is 17.3. The van der Waals surface area contributed by atoms with Gasteiger partial charge in [0.25, 0.3) is 5.91 Å². The zero-order chi connectivity index (χ0) is 14.7. The first-order chi connectivity index (χ1) is 10.2. The molecule has 0 unspecified atom stereocenters. The van der Waals surface area contributed by atoms with Crippen LogP contribution < -0.4 is 5.32 Å². The normalized spacial score (nSPS) is 23.7. The fourth-order valence-electron chi connectivity index (χ4n) is 2.59. The second-order valence-electron chi connectivity index (χ2n) is 5.38. The Morgan fingerprint density at radius 2 is 1.90 bits per heavy atom. The molecule has 1 amide bonds. The quantitative estimate of drug-likeness (QED) is 0.824. The highest BCUT2D eigenvalue weighted by atomic mass is 32.2. The van der Waals surface area contributed by atoms with Crippen LogP contribution in [0.3, 0.4) is 0 Å². The molecule has 0 radical (unpaired) electrons. The number of phenols is 1. The number of thioether (sulfide) groups is 1. The van der Waals surface area contributed by atoms with E-state index in [4.69, 9.17) is 0 Å². The number of phenolic OH excluding ortho intramolecular Hbond substituents is 1. The Balaban J connectivity index is 1.72. The summed E-state index contributed by atoms with van der Waals surface area (Å²) in [6, 6.07) is 7.15. The molecule has 1 aliphatic carbocycles. The Labute approximate surface area is 128 Å². The van der Waals surface area contributed by atoms with Crippen LogP contribution in [0, 0.1) is 0 Å². The van der Waals surface area contributed by atoms with Crippen LogP contribution in [0.5, 0.6) is 5.75 Å². The average molecular weight is 302 g/mol. The van der Waals surface area contributed by atoms with E-state index in [1.165, 1.54) is 31.0 Å². The Morgan fingerprint density at radius 1 is 1.19 bits per heavy atom. The molecule has 1 saturated carbocycles. The lowest BCUT2D eigenvalue weighted by Crippen LogP contribution is -2.22. The maximum Gasteiger partial charge on any atom is 0.264 e. The lowest BCUT2D eigenvalue weighted by Gasteiger charge is -2.17. The van der Waals surface area contributed by atoms with Crippen LogP contribution in [0.1, 0.15) is 37.7 Å². The monoisotopic (exact) mass is 302 g/mol. The molecule has 2 fully saturated rings. The van der Waals surface area contributed by atoms with Gasteiger partial charge in [-0.25, -0.2) is 0 Å². The summed E-state index contributed by atoms with van der Waals surface area (Å²) in [5, 5.41) is 12.8. The van der Waals surface area contributed by atoms with Crippen molar-refractivity contribution >= 4 is 28.9 Å². The largest absolute Gasteiger partial charge is 0.508 e. The van der Waals surface area contributed by atoms with Gasteiger partial charge in [-0.05, 0) is 48.4 Å². The topological polar surface area (TPSA) is 61.7 Å². The van der Waals surface area contributed by atoms with Gasteiger partial charge in [-0.1, -0.05) is 31.4 Å². The summed E-state index contributed by atoms with van der Waals surface area (Å²) in [7, 11) is 0. The summed E-state index contributed by atoms with van der Waals surface area (Å²) in [5.74, 6) is 0.128. The molecule has 3 rings (SSSR count). The van der Waals surface area contributed by atoms with Crippen molar-refractivity contribution in [1.82, 2.24) is 5.32 Å². The number of aliphatic imine (C=N–C) groups is 1. The van der Waals surface area contributed by atoms with E-state index < -0.39 is 0 Å². The van der Waals surface area contributed by atoms with Crippen molar-refractivity contribution in [2.75, 3.05) is 0 Å². The number of carbonyl (C=O) groups is 1. The number of carbonyl (C=O) groups excluding carboxylic acids is 1. The number of nitrogens with one attached hydrogen (secondary N) is 1. The van der Waals surface area contributed by atoms with Crippen molar-refractivity contribution < 1.29 is 9.90 Å². The highest BCUT2D eigenvalue weighted by Gasteiger charge is 2.25. The Morgan fingerprint density at radius 3 is 2.62 bits per heavy atom. The summed E-state index contributed by atoms with van der Waals surface area (Å²) < 4.78 is 0. The molecule has 1 heterocycles. The summed E-state index contributed by atoms with van der Waals surface area (Å²) >= 11 is 1.40. The maximum absolute atomic E-state index is 12.0. The number of nitrogens with zero attached hydrogens (tertiary/aromatic N) is 1. The van der Waals surface area contributed by atoms with Crippen LogP contribution in [0.4, 0.5) is 0 Å². The van der Waals surface area contributed by atoms with Gasteiger partial charge in [0.15, 0.2) is 5.17 Å². The Hall–Kier alpha value is -1.75. The Bertz CT molecular complexity index is 587. The first-order valence-corrected chi connectivity index (χ1v) is 8.10. The van der Waals surface area contributed by atoms with E-state index in [2.05, 4.69) is 10.3 Å². The first-order valence-electron chi connectivity index (χ1n) is 7.28. The molecule has 1 aromatic rings. The zero-order valence-corrected chi connectivity index (χ0v) is 12.5. The first kappa shape index (κ1) is 14.2. The van der Waals surface area contributed by atoms with Gasteiger partial charge in [0.1, 0.15) is 5.75 Å². The number of amidine groups is 1. The SMILES string of the molecule is O=C1NC(=NC2CCCCC2)S/C1=C\c1ccc(O)cc1. The molecular formula is C16H18N2O2S. The van der Waals surface area contributed by atoms with Crippen LogP contribution >= 0.6 is 11.8 Å². The van der Waals surface area contributed by atoms with Gasteiger partial charge in [-0.2, -0.15) is 0 Å². The third kappa shape index (κ3) is 3.67. The van der Waals surface area contributed by atoms with E-state index in [0.29, 0.717) is 10.9 Å². The molecule has 1 aliphatic heterocycles. The van der Waals surface area contributed by atoms with Crippen LogP contribution in [0.15, 0.2) is 34.2 Å². The number of amides is 1. The van der Waals surface area contributed by atoms with Crippen LogP contribution in [0.2, 0.25) is 0 Å². The molecule has 0 atom stereocenters. The third-order valence-corrected chi connectivity index (χ3v) is 4.64. The van der Waals surface area contributed by atoms with Crippen molar-refractivity contribution in [3.05, 3.63) is 34.7 Å². The third-order valence-electron chi connectivity index (χ3n) is 3.72. The van der Waals surface area contributed by atoms with Gasteiger partial charge in [-0.15, -0.1) is 0 Å². The molecule has 4 nitrogen and oxygen atoms in total. The molecular weight excluding hydrogens is 284 g/mol. The predicted molar refractivity (Wildman–Crippen MR) is 86.1 cm³/mol. The fraction of sp³-hybridized carbons (Fsp3) is 0.375. The fourth-order valence-corrected chi connectivity index (χ4v) is 3.48. The molecule has 5 heteroatoms. The molecule has 0 bridgehead atoms. The summed E-state index contributed by atoms with van der Waals surface area (Å²) in [5.41, 5.74) is 0.893. The number of benzene rings is 1. The summed E-state index contributed by atoms with van der Waals surface area (Å²) in [6.07, 6.45) is 7.83.